The summed E-state index contributed by atoms with van der Waals surface area (Å²) in [4.78, 5) is 0. The van der Waals surface area contributed by atoms with E-state index >= 15 is 0 Å². The van der Waals surface area contributed by atoms with Crippen molar-refractivity contribution < 1.29 is 4.74 Å². The Hall–Kier alpha value is -1.61. The molecule has 0 heterocycles. The summed E-state index contributed by atoms with van der Waals surface area (Å²) in [5.41, 5.74) is 3.72. The number of hydrogen-bond acceptors (Lipinski definition) is 2. The minimum atomic E-state index is -0.143. The molecule has 3 rings (SSSR count). The first-order chi connectivity index (χ1) is 12.8. The highest BCUT2D eigenvalue weighted by atomic mass is 35.5. The van der Waals surface area contributed by atoms with E-state index in [1.807, 2.05) is 37.4 Å². The summed E-state index contributed by atoms with van der Waals surface area (Å²) in [7, 11) is 2.05. The molecule has 2 aromatic rings. The third kappa shape index (κ3) is 4.37. The van der Waals surface area contributed by atoms with Gasteiger partial charge in [0, 0.05) is 5.02 Å². The van der Waals surface area contributed by atoms with Crippen LogP contribution in [0.5, 0.6) is 0 Å². The summed E-state index contributed by atoms with van der Waals surface area (Å²) >= 11 is 6.55. The second kappa shape index (κ2) is 9.36. The van der Waals surface area contributed by atoms with Gasteiger partial charge in [0.25, 0.3) is 0 Å². The summed E-state index contributed by atoms with van der Waals surface area (Å²) in [6.45, 7) is 1.41. The summed E-state index contributed by atoms with van der Waals surface area (Å²) in [6, 6.07) is 18.6. The first-order valence-corrected chi connectivity index (χ1v) is 9.89. The minimum absolute atomic E-state index is 0.143. The molecule has 0 aliphatic heterocycles. The van der Waals surface area contributed by atoms with E-state index in [2.05, 4.69) is 35.7 Å². The largest absolute Gasteiger partial charge is 0.376 e. The van der Waals surface area contributed by atoms with E-state index in [-0.39, 0.29) is 5.54 Å². The standard InChI is InChI=1S/C23H28ClNO/c1-25-23(21-14-5-6-15-22(21)24)16-8-7-12-20(23)13-9-17-26-18-19-10-3-2-4-11-19/h2-6,10-11,13-15,25H,7-9,12,16-18H2,1H3/b20-13+/t23-/m1/s1. The van der Waals surface area contributed by atoms with Crippen LogP contribution in [0.1, 0.15) is 43.2 Å². The SMILES string of the molecule is CN[C@]1(c2ccccc2Cl)CCCC/C1=C\CCOCc1ccccc1. The fourth-order valence-electron chi connectivity index (χ4n) is 3.97. The van der Waals surface area contributed by atoms with Crippen LogP contribution in [-0.4, -0.2) is 13.7 Å². The highest BCUT2D eigenvalue weighted by Crippen LogP contribution is 2.43. The van der Waals surface area contributed by atoms with Crippen molar-refractivity contribution in [3.8, 4) is 0 Å². The molecule has 0 spiro atoms. The first-order valence-electron chi connectivity index (χ1n) is 9.51. The van der Waals surface area contributed by atoms with Gasteiger partial charge in [0.1, 0.15) is 0 Å². The van der Waals surface area contributed by atoms with Gasteiger partial charge in [0.05, 0.1) is 18.8 Å². The summed E-state index contributed by atoms with van der Waals surface area (Å²) in [5.74, 6) is 0. The second-order valence-corrected chi connectivity index (χ2v) is 7.31. The van der Waals surface area contributed by atoms with Crippen LogP contribution < -0.4 is 5.32 Å². The molecular formula is C23H28ClNO. The first kappa shape index (κ1) is 19.2. The molecule has 1 saturated carbocycles. The van der Waals surface area contributed by atoms with Crippen molar-refractivity contribution in [2.24, 2.45) is 0 Å². The van der Waals surface area contributed by atoms with Crippen LogP contribution in [0.3, 0.4) is 0 Å². The van der Waals surface area contributed by atoms with Crippen molar-refractivity contribution in [2.75, 3.05) is 13.7 Å². The Morgan fingerprint density at radius 1 is 1.08 bits per heavy atom. The molecule has 0 unspecified atom stereocenters. The number of hydrogen-bond donors (Lipinski definition) is 1. The van der Waals surface area contributed by atoms with Crippen LogP contribution >= 0.6 is 11.6 Å². The molecule has 3 heteroatoms. The second-order valence-electron chi connectivity index (χ2n) is 6.90. The quantitative estimate of drug-likeness (QED) is 0.487. The lowest BCUT2D eigenvalue weighted by Crippen LogP contribution is -2.44. The van der Waals surface area contributed by atoms with Gasteiger partial charge in [-0.3, -0.25) is 0 Å². The third-order valence-corrected chi connectivity index (χ3v) is 5.65. The number of rotatable bonds is 7. The average molecular weight is 370 g/mol. The molecule has 0 saturated heterocycles. The van der Waals surface area contributed by atoms with Gasteiger partial charge in [-0.2, -0.15) is 0 Å². The fraction of sp³-hybridized carbons (Fsp3) is 0.391. The molecule has 0 bridgehead atoms. The van der Waals surface area contributed by atoms with Crippen molar-refractivity contribution >= 4 is 11.6 Å². The number of likely N-dealkylation sites (N-methyl/N-ethyl adjacent to an activating group) is 1. The molecule has 1 N–H and O–H groups in total. The van der Waals surface area contributed by atoms with Crippen LogP contribution in [0, 0.1) is 0 Å². The number of ether oxygens (including phenoxy) is 1. The van der Waals surface area contributed by atoms with E-state index in [0.717, 1.165) is 30.9 Å². The monoisotopic (exact) mass is 369 g/mol. The lowest BCUT2D eigenvalue weighted by molar-refractivity contribution is 0.125. The smallest absolute Gasteiger partial charge is 0.0717 e. The molecular weight excluding hydrogens is 342 g/mol. The van der Waals surface area contributed by atoms with E-state index in [9.17, 15) is 0 Å². The van der Waals surface area contributed by atoms with Crippen LogP contribution in [0.25, 0.3) is 0 Å². The maximum atomic E-state index is 6.55. The van der Waals surface area contributed by atoms with Crippen LogP contribution in [0.2, 0.25) is 5.02 Å². The van der Waals surface area contributed by atoms with E-state index in [1.54, 1.807) is 0 Å². The molecule has 0 aromatic heterocycles. The van der Waals surface area contributed by atoms with E-state index in [1.165, 1.54) is 29.5 Å². The molecule has 26 heavy (non-hydrogen) atoms. The van der Waals surface area contributed by atoms with Gasteiger partial charge in [0.15, 0.2) is 0 Å². The van der Waals surface area contributed by atoms with Crippen LogP contribution in [0.4, 0.5) is 0 Å². The number of benzene rings is 2. The Kier molecular flexibility index (Phi) is 6.90. The molecule has 1 atom stereocenters. The minimum Gasteiger partial charge on any atom is -0.376 e. The van der Waals surface area contributed by atoms with Gasteiger partial charge in [-0.25, -0.2) is 0 Å². The van der Waals surface area contributed by atoms with E-state index in [4.69, 9.17) is 16.3 Å². The highest BCUT2D eigenvalue weighted by molar-refractivity contribution is 6.31. The molecule has 2 aromatic carbocycles. The maximum Gasteiger partial charge on any atom is 0.0717 e. The van der Waals surface area contributed by atoms with Crippen LogP contribution in [0.15, 0.2) is 66.2 Å². The lowest BCUT2D eigenvalue weighted by atomic mass is 9.72. The summed E-state index contributed by atoms with van der Waals surface area (Å²) in [5, 5.41) is 4.44. The van der Waals surface area contributed by atoms with Gasteiger partial charge in [-0.15, -0.1) is 0 Å². The van der Waals surface area contributed by atoms with Gasteiger partial charge >= 0.3 is 0 Å². The normalized spacial score (nSPS) is 21.8. The molecule has 1 aliphatic carbocycles. The molecule has 0 amide bonds. The number of halogens is 1. The topological polar surface area (TPSA) is 21.3 Å². The number of nitrogens with one attached hydrogen (secondary N) is 1. The lowest BCUT2D eigenvalue weighted by Gasteiger charge is -2.41. The Morgan fingerprint density at radius 2 is 1.85 bits per heavy atom. The van der Waals surface area contributed by atoms with Gasteiger partial charge in [-0.05, 0) is 55.5 Å². The fourth-order valence-corrected chi connectivity index (χ4v) is 4.27. The van der Waals surface area contributed by atoms with Crippen molar-refractivity contribution in [3.05, 3.63) is 82.4 Å². The third-order valence-electron chi connectivity index (χ3n) is 5.32. The highest BCUT2D eigenvalue weighted by Gasteiger charge is 2.37. The molecule has 138 valence electrons. The predicted octanol–water partition coefficient (Wildman–Crippen LogP) is 5.86. The van der Waals surface area contributed by atoms with E-state index < -0.39 is 0 Å². The van der Waals surface area contributed by atoms with Crippen molar-refractivity contribution in [2.45, 2.75) is 44.2 Å². The molecule has 1 fully saturated rings. The zero-order valence-corrected chi connectivity index (χ0v) is 16.3. The van der Waals surface area contributed by atoms with Gasteiger partial charge in [0.2, 0.25) is 0 Å². The Bertz CT molecular complexity index is 728. The molecule has 2 nitrogen and oxygen atoms in total. The van der Waals surface area contributed by atoms with Crippen molar-refractivity contribution in [1.29, 1.82) is 0 Å². The van der Waals surface area contributed by atoms with Crippen molar-refractivity contribution in [1.82, 2.24) is 5.32 Å². The Labute approximate surface area is 162 Å². The maximum absolute atomic E-state index is 6.55. The zero-order valence-electron chi connectivity index (χ0n) is 15.5. The molecule has 1 aliphatic rings. The van der Waals surface area contributed by atoms with Crippen molar-refractivity contribution in [3.63, 3.8) is 0 Å². The predicted molar refractivity (Wildman–Crippen MR) is 109 cm³/mol. The van der Waals surface area contributed by atoms with Gasteiger partial charge in [-0.1, -0.05) is 72.6 Å². The Balaban J connectivity index is 1.67. The summed E-state index contributed by atoms with van der Waals surface area (Å²) in [6.07, 6.45) is 7.95. The molecule has 0 radical (unpaired) electrons. The van der Waals surface area contributed by atoms with Gasteiger partial charge < -0.3 is 10.1 Å². The summed E-state index contributed by atoms with van der Waals surface area (Å²) < 4.78 is 5.85. The zero-order chi connectivity index (χ0) is 18.2. The average Bonchev–Trinajstić information content (AvgIpc) is 2.69. The van der Waals surface area contributed by atoms with Crippen LogP contribution in [-0.2, 0) is 16.9 Å². The Morgan fingerprint density at radius 3 is 2.62 bits per heavy atom. The van der Waals surface area contributed by atoms with E-state index in [0.29, 0.717) is 6.61 Å².